The third kappa shape index (κ3) is 3.85. The van der Waals surface area contributed by atoms with Gasteiger partial charge in [-0.15, -0.1) is 11.3 Å². The summed E-state index contributed by atoms with van der Waals surface area (Å²) >= 11 is 8.71. The summed E-state index contributed by atoms with van der Waals surface area (Å²) in [7, 11) is 0. The minimum atomic E-state index is -0.129. The Balaban J connectivity index is 2.28. The Labute approximate surface area is 140 Å². The van der Waals surface area contributed by atoms with E-state index in [1.165, 1.54) is 5.56 Å². The van der Waals surface area contributed by atoms with Gasteiger partial charge in [-0.2, -0.15) is 0 Å². The number of ether oxygens (including phenoxy) is 1. The molecule has 0 saturated heterocycles. The molecule has 1 heterocycles. The van der Waals surface area contributed by atoms with E-state index in [9.17, 15) is 0 Å². The van der Waals surface area contributed by atoms with Crippen LogP contribution in [-0.4, -0.2) is 6.04 Å². The molecule has 0 aliphatic rings. The second-order valence-corrected chi connectivity index (χ2v) is 8.04. The minimum Gasteiger partial charge on any atom is -0.482 e. The maximum Gasteiger partial charge on any atom is 0.148 e. The molecule has 20 heavy (non-hydrogen) atoms. The first-order valence-corrected chi connectivity index (χ1v) is 8.85. The largest absolute Gasteiger partial charge is 0.482 e. The van der Waals surface area contributed by atoms with Gasteiger partial charge in [0.2, 0.25) is 0 Å². The average molecular weight is 419 g/mol. The zero-order chi connectivity index (χ0) is 14.7. The van der Waals surface area contributed by atoms with E-state index in [1.807, 2.05) is 24.3 Å². The van der Waals surface area contributed by atoms with Crippen molar-refractivity contribution in [2.24, 2.45) is 5.73 Å². The number of thiophene rings is 1. The number of hydrogen-bond acceptors (Lipinski definition) is 3. The first kappa shape index (κ1) is 16.0. The Hall–Kier alpha value is -0.360. The second-order valence-electron chi connectivity index (χ2n) is 4.69. The number of halogens is 2. The van der Waals surface area contributed by atoms with Crippen molar-refractivity contribution < 1.29 is 4.74 Å². The van der Waals surface area contributed by atoms with E-state index in [2.05, 4.69) is 51.8 Å². The summed E-state index contributed by atoms with van der Waals surface area (Å²) < 4.78 is 8.22. The normalized spacial score (nSPS) is 14.1. The van der Waals surface area contributed by atoms with Crippen LogP contribution in [0.5, 0.6) is 5.75 Å². The molecule has 0 aliphatic carbocycles. The maximum absolute atomic E-state index is 6.24. The summed E-state index contributed by atoms with van der Waals surface area (Å²) in [5, 5.41) is 0. The topological polar surface area (TPSA) is 35.2 Å². The highest BCUT2D eigenvalue weighted by Gasteiger charge is 2.23. The molecular weight excluding hydrogens is 402 g/mol. The van der Waals surface area contributed by atoms with Gasteiger partial charge in [0.15, 0.2) is 0 Å². The number of nitrogens with two attached hydrogens (primary N) is 1. The van der Waals surface area contributed by atoms with Crippen LogP contribution in [0.4, 0.5) is 0 Å². The van der Waals surface area contributed by atoms with Crippen LogP contribution in [0.1, 0.15) is 29.9 Å². The number of aryl methyl sites for hydroxylation is 1. The Morgan fingerprint density at radius 2 is 2.00 bits per heavy atom. The molecule has 0 amide bonds. The molecule has 0 spiro atoms. The number of benzene rings is 1. The predicted octanol–water partition coefficient (Wildman–Crippen LogP) is 5.44. The van der Waals surface area contributed by atoms with Crippen molar-refractivity contribution in [2.45, 2.75) is 32.4 Å². The highest BCUT2D eigenvalue weighted by Crippen LogP contribution is 2.35. The highest BCUT2D eigenvalue weighted by molar-refractivity contribution is 9.11. The molecule has 2 N–H and O–H groups in total. The fourth-order valence-corrected chi connectivity index (χ4v) is 4.01. The van der Waals surface area contributed by atoms with Crippen molar-refractivity contribution in [1.29, 1.82) is 0 Å². The quantitative estimate of drug-likeness (QED) is 0.701. The van der Waals surface area contributed by atoms with Crippen molar-refractivity contribution in [2.75, 3.05) is 0 Å². The summed E-state index contributed by atoms with van der Waals surface area (Å²) in [5.41, 5.74) is 7.43. The van der Waals surface area contributed by atoms with Crippen molar-refractivity contribution in [3.63, 3.8) is 0 Å². The molecule has 2 atom stereocenters. The van der Waals surface area contributed by atoms with E-state index in [-0.39, 0.29) is 12.1 Å². The third-order valence-electron chi connectivity index (χ3n) is 3.08. The standard InChI is InChI=1S/C15H17Br2NOS/c1-3-11(18)15(13-6-7-14(17)20-13)19-12-5-4-9(2)8-10(12)16/h4-8,11,15H,3,18H2,1-2H3. The lowest BCUT2D eigenvalue weighted by Crippen LogP contribution is -2.31. The smallest absolute Gasteiger partial charge is 0.148 e. The van der Waals surface area contributed by atoms with Gasteiger partial charge < -0.3 is 10.5 Å². The molecule has 1 aromatic heterocycles. The van der Waals surface area contributed by atoms with E-state index in [0.29, 0.717) is 0 Å². The molecule has 0 fully saturated rings. The molecule has 0 bridgehead atoms. The van der Waals surface area contributed by atoms with Crippen LogP contribution in [0.2, 0.25) is 0 Å². The molecule has 1 aromatic carbocycles. The van der Waals surface area contributed by atoms with Gasteiger partial charge in [-0.3, -0.25) is 0 Å². The summed E-state index contributed by atoms with van der Waals surface area (Å²) in [6.07, 6.45) is 0.735. The van der Waals surface area contributed by atoms with Gasteiger partial charge in [0.25, 0.3) is 0 Å². The predicted molar refractivity (Wildman–Crippen MR) is 92.5 cm³/mol. The fraction of sp³-hybridized carbons (Fsp3) is 0.333. The number of rotatable bonds is 5. The van der Waals surface area contributed by atoms with Crippen molar-refractivity contribution in [1.82, 2.24) is 0 Å². The van der Waals surface area contributed by atoms with Gasteiger partial charge >= 0.3 is 0 Å². The molecule has 0 saturated carbocycles. The zero-order valence-corrected chi connectivity index (χ0v) is 15.4. The van der Waals surface area contributed by atoms with Crippen LogP contribution in [0.15, 0.2) is 38.6 Å². The van der Waals surface area contributed by atoms with Gasteiger partial charge in [-0.25, -0.2) is 0 Å². The lowest BCUT2D eigenvalue weighted by Gasteiger charge is -2.24. The lowest BCUT2D eigenvalue weighted by atomic mass is 10.1. The van der Waals surface area contributed by atoms with Crippen LogP contribution >= 0.6 is 43.2 Å². The summed E-state index contributed by atoms with van der Waals surface area (Å²) in [6, 6.07) is 10.1. The van der Waals surface area contributed by atoms with E-state index < -0.39 is 0 Å². The van der Waals surface area contributed by atoms with E-state index >= 15 is 0 Å². The Morgan fingerprint density at radius 1 is 1.25 bits per heavy atom. The van der Waals surface area contributed by atoms with Gasteiger partial charge in [-0.05, 0) is 75.0 Å². The van der Waals surface area contributed by atoms with Gasteiger partial charge in [-0.1, -0.05) is 13.0 Å². The molecule has 2 rings (SSSR count). The third-order valence-corrected chi connectivity index (χ3v) is 5.38. The average Bonchev–Trinajstić information content (AvgIpc) is 2.83. The van der Waals surface area contributed by atoms with Crippen LogP contribution in [0.25, 0.3) is 0 Å². The van der Waals surface area contributed by atoms with Crippen molar-refractivity contribution in [3.8, 4) is 5.75 Å². The summed E-state index contributed by atoms with van der Waals surface area (Å²) in [4.78, 5) is 1.14. The van der Waals surface area contributed by atoms with Crippen LogP contribution < -0.4 is 10.5 Å². The molecular formula is C15H17Br2NOS. The molecule has 2 unspecified atom stereocenters. The van der Waals surface area contributed by atoms with Crippen LogP contribution in [0.3, 0.4) is 0 Å². The molecule has 2 nitrogen and oxygen atoms in total. The van der Waals surface area contributed by atoms with E-state index in [1.54, 1.807) is 11.3 Å². The van der Waals surface area contributed by atoms with E-state index in [4.69, 9.17) is 10.5 Å². The summed E-state index contributed by atoms with van der Waals surface area (Å²) in [6.45, 7) is 4.13. The molecule has 5 heteroatoms. The van der Waals surface area contributed by atoms with Crippen molar-refractivity contribution >= 4 is 43.2 Å². The molecule has 108 valence electrons. The monoisotopic (exact) mass is 417 g/mol. The lowest BCUT2D eigenvalue weighted by molar-refractivity contribution is 0.173. The number of hydrogen-bond donors (Lipinski definition) is 1. The Morgan fingerprint density at radius 3 is 2.55 bits per heavy atom. The fourth-order valence-electron chi connectivity index (χ4n) is 1.89. The summed E-state index contributed by atoms with van der Waals surface area (Å²) in [5.74, 6) is 0.828. The highest BCUT2D eigenvalue weighted by atomic mass is 79.9. The van der Waals surface area contributed by atoms with E-state index in [0.717, 1.165) is 25.3 Å². The van der Waals surface area contributed by atoms with Gasteiger partial charge in [0.05, 0.1) is 8.26 Å². The second kappa shape index (κ2) is 7.07. The maximum atomic E-state index is 6.24. The Bertz CT molecular complexity index is 585. The zero-order valence-electron chi connectivity index (χ0n) is 11.4. The Kier molecular flexibility index (Phi) is 5.66. The molecule has 0 radical (unpaired) electrons. The van der Waals surface area contributed by atoms with Crippen LogP contribution in [0, 0.1) is 6.92 Å². The van der Waals surface area contributed by atoms with Crippen molar-refractivity contribution in [3.05, 3.63) is 49.0 Å². The SMILES string of the molecule is CCC(N)C(Oc1ccc(C)cc1Br)c1ccc(Br)s1. The molecule has 0 aliphatic heterocycles. The molecule has 2 aromatic rings. The van der Waals surface area contributed by atoms with Gasteiger partial charge in [0, 0.05) is 10.9 Å². The first-order chi connectivity index (χ1) is 9.51. The minimum absolute atomic E-state index is 0.0336. The first-order valence-electron chi connectivity index (χ1n) is 6.45. The van der Waals surface area contributed by atoms with Crippen LogP contribution in [-0.2, 0) is 0 Å². The van der Waals surface area contributed by atoms with Gasteiger partial charge in [0.1, 0.15) is 11.9 Å².